The van der Waals surface area contributed by atoms with Crippen molar-refractivity contribution in [1.82, 2.24) is 15.1 Å². The van der Waals surface area contributed by atoms with E-state index in [9.17, 15) is 0 Å². The molecule has 3 N–H and O–H groups in total. The summed E-state index contributed by atoms with van der Waals surface area (Å²) in [5.41, 5.74) is 10.6. The van der Waals surface area contributed by atoms with Crippen LogP contribution in [0.3, 0.4) is 0 Å². The van der Waals surface area contributed by atoms with Crippen molar-refractivity contribution < 1.29 is 0 Å². The smallest absolute Gasteiger partial charge is 0.0694 e. The van der Waals surface area contributed by atoms with Crippen molar-refractivity contribution >= 4 is 0 Å². The third-order valence-corrected chi connectivity index (χ3v) is 3.26. The first-order chi connectivity index (χ1) is 8.40. The fourth-order valence-corrected chi connectivity index (χ4v) is 2.33. The van der Waals surface area contributed by atoms with E-state index in [0.29, 0.717) is 6.54 Å². The summed E-state index contributed by atoms with van der Waals surface area (Å²) in [5.74, 6) is 0. The Morgan fingerprint density at radius 2 is 2.24 bits per heavy atom. The molecule has 0 fully saturated rings. The van der Waals surface area contributed by atoms with Crippen LogP contribution in [0.5, 0.6) is 0 Å². The Hall–Kier alpha value is -1.65. The molecule has 88 valence electrons. The van der Waals surface area contributed by atoms with Crippen LogP contribution in [0.25, 0.3) is 5.69 Å². The predicted molar refractivity (Wildman–Crippen MR) is 66.9 cm³/mol. The van der Waals surface area contributed by atoms with Crippen LogP contribution in [-0.4, -0.2) is 16.3 Å². The van der Waals surface area contributed by atoms with E-state index in [2.05, 4.69) is 22.5 Å². The average molecular weight is 228 g/mol. The van der Waals surface area contributed by atoms with E-state index in [1.807, 2.05) is 23.0 Å². The lowest BCUT2D eigenvalue weighted by atomic mass is 10.1. The van der Waals surface area contributed by atoms with Gasteiger partial charge in [0.05, 0.1) is 17.6 Å². The van der Waals surface area contributed by atoms with Crippen molar-refractivity contribution in [3.63, 3.8) is 0 Å². The summed E-state index contributed by atoms with van der Waals surface area (Å²) in [6.07, 6.45) is 3.03. The molecule has 1 aromatic carbocycles. The Morgan fingerprint density at radius 1 is 1.35 bits per heavy atom. The molecule has 0 spiro atoms. The highest BCUT2D eigenvalue weighted by atomic mass is 15.3. The van der Waals surface area contributed by atoms with E-state index < -0.39 is 0 Å². The van der Waals surface area contributed by atoms with Gasteiger partial charge in [0.15, 0.2) is 0 Å². The van der Waals surface area contributed by atoms with Crippen LogP contribution >= 0.6 is 0 Å². The van der Waals surface area contributed by atoms with Gasteiger partial charge in [0.25, 0.3) is 0 Å². The molecule has 2 heterocycles. The van der Waals surface area contributed by atoms with Crippen molar-refractivity contribution in [1.29, 1.82) is 0 Å². The second-order valence-corrected chi connectivity index (χ2v) is 4.29. The number of hydrogen-bond donors (Lipinski definition) is 2. The number of nitrogens with zero attached hydrogens (tertiary/aromatic N) is 2. The van der Waals surface area contributed by atoms with Gasteiger partial charge in [-0.3, -0.25) is 0 Å². The van der Waals surface area contributed by atoms with Crippen LogP contribution in [0.2, 0.25) is 0 Å². The Bertz CT molecular complexity index is 530. The molecular formula is C13H16N4. The highest BCUT2D eigenvalue weighted by Gasteiger charge is 2.16. The zero-order chi connectivity index (χ0) is 11.7. The van der Waals surface area contributed by atoms with Gasteiger partial charge >= 0.3 is 0 Å². The molecular weight excluding hydrogens is 212 g/mol. The summed E-state index contributed by atoms with van der Waals surface area (Å²) < 4.78 is 2.02. The van der Waals surface area contributed by atoms with Crippen LogP contribution in [-0.2, 0) is 19.5 Å². The van der Waals surface area contributed by atoms with Gasteiger partial charge < -0.3 is 11.1 Å². The lowest BCUT2D eigenvalue weighted by molar-refractivity contribution is 0.613. The number of nitrogens with one attached hydrogen (secondary N) is 1. The van der Waals surface area contributed by atoms with E-state index in [1.165, 1.54) is 11.3 Å². The Kier molecular flexibility index (Phi) is 2.66. The van der Waals surface area contributed by atoms with Gasteiger partial charge in [-0.1, -0.05) is 18.2 Å². The third-order valence-electron chi connectivity index (χ3n) is 3.26. The molecule has 17 heavy (non-hydrogen) atoms. The average Bonchev–Trinajstić information content (AvgIpc) is 2.82. The Balaban J connectivity index is 2.12. The number of nitrogens with two attached hydrogens (primary N) is 1. The molecule has 0 saturated carbocycles. The summed E-state index contributed by atoms with van der Waals surface area (Å²) in [6, 6.07) is 8.17. The summed E-state index contributed by atoms with van der Waals surface area (Å²) in [7, 11) is 0. The number of hydrogen-bond acceptors (Lipinski definition) is 3. The maximum atomic E-state index is 5.78. The molecule has 3 rings (SSSR count). The molecule has 0 bridgehead atoms. The van der Waals surface area contributed by atoms with Crippen LogP contribution in [0.4, 0.5) is 0 Å². The predicted octanol–water partition coefficient (Wildman–Crippen LogP) is 0.977. The maximum absolute atomic E-state index is 5.78. The molecule has 4 nitrogen and oxygen atoms in total. The number of benzene rings is 1. The van der Waals surface area contributed by atoms with Gasteiger partial charge in [-0.2, -0.15) is 5.10 Å². The van der Waals surface area contributed by atoms with Gasteiger partial charge in [-0.05, 0) is 30.2 Å². The first-order valence-corrected chi connectivity index (χ1v) is 5.95. The molecule has 0 saturated heterocycles. The quantitative estimate of drug-likeness (QED) is 0.805. The van der Waals surface area contributed by atoms with E-state index in [1.54, 1.807) is 0 Å². The lowest BCUT2D eigenvalue weighted by Crippen LogP contribution is -2.25. The van der Waals surface area contributed by atoms with Crippen LogP contribution in [0.1, 0.15) is 16.8 Å². The maximum Gasteiger partial charge on any atom is 0.0694 e. The highest BCUT2D eigenvalue weighted by Crippen LogP contribution is 2.20. The fraction of sp³-hybridized carbons (Fsp3) is 0.308. The van der Waals surface area contributed by atoms with Gasteiger partial charge in [0, 0.05) is 13.1 Å². The minimum absolute atomic E-state index is 0.540. The van der Waals surface area contributed by atoms with Crippen molar-refractivity contribution in [3.8, 4) is 5.69 Å². The molecule has 1 aromatic heterocycles. The van der Waals surface area contributed by atoms with Crippen LogP contribution < -0.4 is 11.1 Å². The number of rotatable bonds is 2. The molecule has 0 unspecified atom stereocenters. The number of para-hydroxylation sites is 1. The van der Waals surface area contributed by atoms with Crippen LogP contribution in [0.15, 0.2) is 30.5 Å². The first-order valence-electron chi connectivity index (χ1n) is 5.95. The summed E-state index contributed by atoms with van der Waals surface area (Å²) in [6.45, 7) is 2.46. The molecule has 1 aliphatic rings. The van der Waals surface area contributed by atoms with Gasteiger partial charge in [0.2, 0.25) is 0 Å². The second kappa shape index (κ2) is 4.31. The van der Waals surface area contributed by atoms with E-state index in [4.69, 9.17) is 5.73 Å². The normalized spacial score (nSPS) is 14.6. The SMILES string of the molecule is NCc1ccccc1-n1ncc2c1CNCC2. The molecule has 0 atom stereocenters. The minimum Gasteiger partial charge on any atom is -0.326 e. The van der Waals surface area contributed by atoms with Crippen molar-refractivity contribution in [3.05, 3.63) is 47.3 Å². The molecule has 0 aliphatic carbocycles. The van der Waals surface area contributed by atoms with Crippen molar-refractivity contribution in [2.24, 2.45) is 5.73 Å². The van der Waals surface area contributed by atoms with E-state index >= 15 is 0 Å². The first kappa shape index (κ1) is 10.5. The van der Waals surface area contributed by atoms with Gasteiger partial charge in [0.1, 0.15) is 0 Å². The standard InChI is InChI=1S/C13H16N4/c14-7-10-3-1-2-4-12(10)17-13-9-15-6-5-11(13)8-16-17/h1-4,8,15H,5-7,9,14H2. The topological polar surface area (TPSA) is 55.9 Å². The fourth-order valence-electron chi connectivity index (χ4n) is 2.33. The van der Waals surface area contributed by atoms with E-state index in [0.717, 1.165) is 30.8 Å². The number of aromatic nitrogens is 2. The molecule has 2 aromatic rings. The monoisotopic (exact) mass is 228 g/mol. The second-order valence-electron chi connectivity index (χ2n) is 4.29. The third kappa shape index (κ3) is 1.75. The zero-order valence-electron chi connectivity index (χ0n) is 9.69. The van der Waals surface area contributed by atoms with Crippen LogP contribution in [0, 0.1) is 0 Å². The van der Waals surface area contributed by atoms with Gasteiger partial charge in [-0.15, -0.1) is 0 Å². The van der Waals surface area contributed by atoms with Crippen molar-refractivity contribution in [2.75, 3.05) is 6.54 Å². The zero-order valence-corrected chi connectivity index (χ0v) is 9.69. The Morgan fingerprint density at radius 3 is 3.12 bits per heavy atom. The van der Waals surface area contributed by atoms with Gasteiger partial charge in [-0.25, -0.2) is 4.68 Å². The molecule has 4 heteroatoms. The largest absolute Gasteiger partial charge is 0.326 e. The van der Waals surface area contributed by atoms with Crippen molar-refractivity contribution in [2.45, 2.75) is 19.5 Å². The lowest BCUT2D eigenvalue weighted by Gasteiger charge is -2.16. The Labute approximate surface area is 100 Å². The molecule has 0 radical (unpaired) electrons. The summed E-state index contributed by atoms with van der Waals surface area (Å²) in [4.78, 5) is 0. The minimum atomic E-state index is 0.540. The number of fused-ring (bicyclic) bond motifs is 1. The van der Waals surface area contributed by atoms with E-state index in [-0.39, 0.29) is 0 Å². The molecule has 0 amide bonds. The highest BCUT2D eigenvalue weighted by molar-refractivity contribution is 5.43. The molecule has 1 aliphatic heterocycles. The summed E-state index contributed by atoms with van der Waals surface area (Å²) >= 11 is 0. The summed E-state index contributed by atoms with van der Waals surface area (Å²) in [5, 5.41) is 7.88.